The highest BCUT2D eigenvalue weighted by Crippen LogP contribution is 2.55. The molecular weight excluding hydrogens is 284 g/mol. The molecule has 2 aromatic rings. The second-order valence-electron chi connectivity index (χ2n) is 5.52. The fourth-order valence-electron chi connectivity index (χ4n) is 3.56. The van der Waals surface area contributed by atoms with Crippen molar-refractivity contribution in [2.75, 3.05) is 13.2 Å². The second kappa shape index (κ2) is 4.82. The van der Waals surface area contributed by atoms with Crippen LogP contribution in [0.2, 0.25) is 0 Å². The van der Waals surface area contributed by atoms with Gasteiger partial charge in [-0.05, 0) is 11.1 Å². The van der Waals surface area contributed by atoms with Crippen molar-refractivity contribution >= 4 is 11.6 Å². The van der Waals surface area contributed by atoms with Gasteiger partial charge in [0.05, 0.1) is 18.0 Å². The van der Waals surface area contributed by atoms with Crippen molar-refractivity contribution < 1.29 is 4.74 Å². The SMILES string of the molecule is NCCOC12NC(c3ccccc31)C(Cl)c1ccccc12. The Kier molecular flexibility index (Phi) is 3.05. The van der Waals surface area contributed by atoms with Crippen LogP contribution < -0.4 is 11.1 Å². The normalized spacial score (nSPS) is 29.0. The van der Waals surface area contributed by atoms with Gasteiger partial charge in [-0.2, -0.15) is 0 Å². The zero-order valence-corrected chi connectivity index (χ0v) is 12.3. The first-order chi connectivity index (χ1) is 10.3. The summed E-state index contributed by atoms with van der Waals surface area (Å²) >= 11 is 6.72. The molecule has 2 bridgehead atoms. The Morgan fingerprint density at radius 2 is 1.67 bits per heavy atom. The molecule has 0 aliphatic carbocycles. The van der Waals surface area contributed by atoms with Crippen molar-refractivity contribution in [2.24, 2.45) is 5.73 Å². The predicted octanol–water partition coefficient (Wildman–Crippen LogP) is 2.80. The van der Waals surface area contributed by atoms with E-state index < -0.39 is 5.72 Å². The standard InChI is InChI=1S/C17H17ClN2O/c18-15-11-5-1-3-7-13(11)17(21-10-9-19)14-8-4-2-6-12(14)16(15)20-17/h1-8,15-16,20H,9-10,19H2. The van der Waals surface area contributed by atoms with E-state index in [2.05, 4.69) is 29.6 Å². The van der Waals surface area contributed by atoms with Crippen molar-refractivity contribution in [3.8, 4) is 0 Å². The lowest BCUT2D eigenvalue weighted by Crippen LogP contribution is -2.47. The topological polar surface area (TPSA) is 47.3 Å². The highest BCUT2D eigenvalue weighted by atomic mass is 35.5. The van der Waals surface area contributed by atoms with E-state index >= 15 is 0 Å². The van der Waals surface area contributed by atoms with Gasteiger partial charge in [-0.15, -0.1) is 11.6 Å². The molecule has 4 rings (SSSR count). The van der Waals surface area contributed by atoms with E-state index in [1.807, 2.05) is 24.3 Å². The summed E-state index contributed by atoms with van der Waals surface area (Å²) in [5.41, 5.74) is 9.64. The number of halogens is 1. The summed E-state index contributed by atoms with van der Waals surface area (Å²) in [4.78, 5) is 0. The van der Waals surface area contributed by atoms with Gasteiger partial charge in [-0.25, -0.2) is 0 Å². The fraction of sp³-hybridized carbons (Fsp3) is 0.294. The van der Waals surface area contributed by atoms with E-state index in [0.29, 0.717) is 13.2 Å². The van der Waals surface area contributed by atoms with Crippen molar-refractivity contribution in [1.29, 1.82) is 0 Å². The number of nitrogens with one attached hydrogen (secondary N) is 1. The van der Waals surface area contributed by atoms with Gasteiger partial charge < -0.3 is 10.5 Å². The Bertz CT molecular complexity index is 690. The van der Waals surface area contributed by atoms with Crippen LogP contribution in [0.1, 0.15) is 33.7 Å². The lowest BCUT2D eigenvalue weighted by Gasteiger charge is -2.39. The number of hydrogen-bond donors (Lipinski definition) is 2. The summed E-state index contributed by atoms with van der Waals surface area (Å²) in [5, 5.41) is 3.50. The molecule has 2 heterocycles. The molecule has 3 nitrogen and oxygen atoms in total. The van der Waals surface area contributed by atoms with Gasteiger partial charge in [-0.1, -0.05) is 48.5 Å². The molecule has 0 radical (unpaired) electrons. The number of alkyl halides is 1. The highest BCUT2D eigenvalue weighted by molar-refractivity contribution is 6.21. The molecule has 3 N–H and O–H groups in total. The molecule has 2 aliphatic rings. The van der Waals surface area contributed by atoms with Crippen molar-refractivity contribution in [2.45, 2.75) is 17.1 Å². The van der Waals surface area contributed by atoms with Gasteiger partial charge in [0.1, 0.15) is 0 Å². The third kappa shape index (κ3) is 1.72. The zero-order valence-electron chi connectivity index (χ0n) is 11.6. The van der Waals surface area contributed by atoms with Gasteiger partial charge in [0.2, 0.25) is 0 Å². The number of fused-ring (bicyclic) bond motifs is 7. The van der Waals surface area contributed by atoms with Crippen LogP contribution in [0.5, 0.6) is 0 Å². The predicted molar refractivity (Wildman–Crippen MR) is 83.1 cm³/mol. The summed E-state index contributed by atoms with van der Waals surface area (Å²) in [6.45, 7) is 0.984. The van der Waals surface area contributed by atoms with Crippen LogP contribution in [0.15, 0.2) is 48.5 Å². The molecule has 0 aromatic heterocycles. The molecule has 3 atom stereocenters. The minimum atomic E-state index is -0.622. The fourth-order valence-corrected chi connectivity index (χ4v) is 3.95. The lowest BCUT2D eigenvalue weighted by atomic mass is 9.90. The average Bonchev–Trinajstić information content (AvgIpc) is 2.84. The maximum absolute atomic E-state index is 6.72. The quantitative estimate of drug-likeness (QED) is 0.857. The van der Waals surface area contributed by atoms with Gasteiger partial charge in [-0.3, -0.25) is 5.32 Å². The van der Waals surface area contributed by atoms with Gasteiger partial charge >= 0.3 is 0 Å². The maximum Gasteiger partial charge on any atom is 0.172 e. The first-order valence-electron chi connectivity index (χ1n) is 7.22. The molecule has 0 fully saturated rings. The number of ether oxygens (including phenoxy) is 1. The van der Waals surface area contributed by atoms with Gasteiger partial charge in [0.15, 0.2) is 5.72 Å². The van der Waals surface area contributed by atoms with Crippen LogP contribution in [0, 0.1) is 0 Å². The minimum absolute atomic E-state index is 0.0653. The molecule has 2 aliphatic heterocycles. The van der Waals surface area contributed by atoms with Crippen LogP contribution in [-0.4, -0.2) is 13.2 Å². The lowest BCUT2D eigenvalue weighted by molar-refractivity contribution is -0.0439. The molecule has 0 spiro atoms. The Balaban J connectivity index is 1.98. The third-order valence-electron chi connectivity index (χ3n) is 4.40. The van der Waals surface area contributed by atoms with Gasteiger partial charge in [0, 0.05) is 17.7 Å². The zero-order chi connectivity index (χ0) is 14.4. The van der Waals surface area contributed by atoms with Crippen molar-refractivity contribution in [3.05, 3.63) is 70.8 Å². The van der Waals surface area contributed by atoms with Crippen LogP contribution in [0.25, 0.3) is 0 Å². The molecule has 2 aromatic carbocycles. The summed E-state index contributed by atoms with van der Waals surface area (Å²) in [5.74, 6) is 0. The third-order valence-corrected chi connectivity index (χ3v) is 4.89. The van der Waals surface area contributed by atoms with E-state index in [-0.39, 0.29) is 11.4 Å². The molecule has 3 unspecified atom stereocenters. The number of nitrogens with two attached hydrogens (primary N) is 1. The average molecular weight is 301 g/mol. The highest BCUT2D eigenvalue weighted by Gasteiger charge is 2.53. The molecule has 108 valence electrons. The molecule has 21 heavy (non-hydrogen) atoms. The molecule has 0 saturated carbocycles. The number of hydrogen-bond acceptors (Lipinski definition) is 3. The number of benzene rings is 2. The first kappa shape index (κ1) is 13.3. The summed E-state index contributed by atoms with van der Waals surface area (Å²) in [6, 6.07) is 16.6. The summed E-state index contributed by atoms with van der Waals surface area (Å²) in [6.07, 6.45) is 0. The Morgan fingerprint density at radius 3 is 2.38 bits per heavy atom. The van der Waals surface area contributed by atoms with E-state index in [4.69, 9.17) is 22.1 Å². The number of rotatable bonds is 3. The second-order valence-corrected chi connectivity index (χ2v) is 5.99. The first-order valence-corrected chi connectivity index (χ1v) is 7.66. The van der Waals surface area contributed by atoms with Gasteiger partial charge in [0.25, 0.3) is 0 Å². The van der Waals surface area contributed by atoms with E-state index in [1.165, 1.54) is 5.56 Å². The Morgan fingerprint density at radius 1 is 1.05 bits per heavy atom. The van der Waals surface area contributed by atoms with E-state index in [1.54, 1.807) is 0 Å². The van der Waals surface area contributed by atoms with Crippen LogP contribution >= 0.6 is 11.6 Å². The van der Waals surface area contributed by atoms with E-state index in [9.17, 15) is 0 Å². The van der Waals surface area contributed by atoms with Crippen LogP contribution in [0.4, 0.5) is 0 Å². The minimum Gasteiger partial charge on any atom is -0.351 e. The largest absolute Gasteiger partial charge is 0.351 e. The molecule has 0 saturated heterocycles. The molecule has 0 amide bonds. The van der Waals surface area contributed by atoms with Crippen LogP contribution in [-0.2, 0) is 10.5 Å². The van der Waals surface area contributed by atoms with E-state index in [0.717, 1.165) is 16.7 Å². The van der Waals surface area contributed by atoms with Crippen molar-refractivity contribution in [1.82, 2.24) is 5.32 Å². The summed E-state index contributed by atoms with van der Waals surface area (Å²) < 4.78 is 6.22. The Hall–Kier alpha value is -1.39. The smallest absolute Gasteiger partial charge is 0.172 e. The maximum atomic E-state index is 6.72. The summed E-state index contributed by atoms with van der Waals surface area (Å²) in [7, 11) is 0. The molecule has 4 heteroatoms. The van der Waals surface area contributed by atoms with Crippen LogP contribution in [0.3, 0.4) is 0 Å². The van der Waals surface area contributed by atoms with Crippen molar-refractivity contribution in [3.63, 3.8) is 0 Å². The monoisotopic (exact) mass is 300 g/mol. The Labute approximate surface area is 129 Å². The molecular formula is C17H17ClN2O.